The van der Waals surface area contributed by atoms with Crippen molar-refractivity contribution in [3.05, 3.63) is 0 Å². The molecule has 1 atom stereocenters. The minimum atomic E-state index is 0.902. The van der Waals surface area contributed by atoms with Crippen LogP contribution in [-0.4, -0.2) is 0 Å². The summed E-state index contributed by atoms with van der Waals surface area (Å²) in [5.74, 6) is 7.62. The van der Waals surface area contributed by atoms with Gasteiger partial charge in [-0.2, -0.15) is 0 Å². The molecule has 0 spiro atoms. The topological polar surface area (TPSA) is 0 Å². The van der Waals surface area contributed by atoms with Crippen molar-refractivity contribution in [2.45, 2.75) is 168 Å². The molecule has 0 amide bonds. The molecule has 0 aliphatic carbocycles. The highest BCUT2D eigenvalue weighted by atomic mass is 14.1. The Morgan fingerprint density at radius 2 is 0.759 bits per heavy atom. The maximum absolute atomic E-state index is 3.37. The Kier molecular flexibility index (Phi) is 25.2. The molecule has 0 aliphatic rings. The second kappa shape index (κ2) is 25.6. The Morgan fingerprint density at radius 3 is 1.24 bits per heavy atom. The lowest BCUT2D eigenvalue weighted by atomic mass is 9.96. The molecule has 0 aliphatic heterocycles. The van der Waals surface area contributed by atoms with E-state index >= 15 is 0 Å². The Bertz CT molecular complexity index is 345. The van der Waals surface area contributed by atoms with E-state index in [0.29, 0.717) is 0 Å². The van der Waals surface area contributed by atoms with E-state index in [9.17, 15) is 0 Å². The van der Waals surface area contributed by atoms with Crippen LogP contribution in [0.4, 0.5) is 0 Å². The van der Waals surface area contributed by atoms with Gasteiger partial charge in [-0.25, -0.2) is 0 Å². The normalized spacial score (nSPS) is 12.0. The summed E-state index contributed by atoms with van der Waals surface area (Å²) in [5.41, 5.74) is 0. The molecule has 0 heterocycles. The number of rotatable bonds is 22. The zero-order valence-electron chi connectivity index (χ0n) is 20.8. The lowest BCUT2D eigenvalue weighted by Gasteiger charge is -2.10. The second-order valence-electron chi connectivity index (χ2n) is 9.55. The van der Waals surface area contributed by atoms with Gasteiger partial charge in [-0.3, -0.25) is 0 Å². The minimum Gasteiger partial charge on any atom is -0.103 e. The second-order valence-corrected chi connectivity index (χ2v) is 9.55. The van der Waals surface area contributed by atoms with Crippen LogP contribution in [0.15, 0.2) is 0 Å². The Hall–Kier alpha value is -0.440. The first-order valence-corrected chi connectivity index (χ1v) is 13.8. The third kappa shape index (κ3) is 25.5. The smallest absolute Gasteiger partial charge is 0.00887 e. The molecule has 172 valence electrons. The molecular formula is C29H56. The van der Waals surface area contributed by atoms with Gasteiger partial charge >= 0.3 is 0 Å². The number of hydrogen-bond acceptors (Lipinski definition) is 0. The summed E-state index contributed by atoms with van der Waals surface area (Å²) >= 11 is 0. The molecule has 0 saturated carbocycles. The van der Waals surface area contributed by atoms with E-state index in [1.54, 1.807) is 0 Å². The largest absolute Gasteiger partial charge is 0.103 e. The average molecular weight is 405 g/mol. The minimum absolute atomic E-state index is 0.902. The zero-order valence-corrected chi connectivity index (χ0v) is 20.8. The average Bonchev–Trinajstić information content (AvgIpc) is 2.72. The van der Waals surface area contributed by atoms with Crippen molar-refractivity contribution in [1.29, 1.82) is 0 Å². The first-order valence-electron chi connectivity index (χ1n) is 13.8. The van der Waals surface area contributed by atoms with Crippen LogP contribution in [0, 0.1) is 17.8 Å². The predicted molar refractivity (Wildman–Crippen MR) is 134 cm³/mol. The van der Waals surface area contributed by atoms with Crippen LogP contribution in [0.25, 0.3) is 0 Å². The molecule has 0 aromatic carbocycles. The summed E-state index contributed by atoms with van der Waals surface area (Å²) in [5, 5.41) is 0. The van der Waals surface area contributed by atoms with Gasteiger partial charge in [0.1, 0.15) is 0 Å². The molecule has 0 N–H and O–H groups in total. The standard InChI is InChI=1S/C29H56/c1-4-6-8-10-12-14-15-16-17-18-19-20-22-24-26-28-29(3)27-25-23-21-13-11-9-7-5-2/h29H,4-12,14-20,22-28H2,1-3H3. The van der Waals surface area contributed by atoms with Gasteiger partial charge in [-0.1, -0.05) is 136 Å². The van der Waals surface area contributed by atoms with Gasteiger partial charge in [0.05, 0.1) is 0 Å². The number of unbranched alkanes of at least 4 members (excludes halogenated alkanes) is 18. The van der Waals surface area contributed by atoms with Gasteiger partial charge in [-0.15, -0.1) is 11.8 Å². The summed E-state index contributed by atoms with van der Waals surface area (Å²) in [7, 11) is 0. The van der Waals surface area contributed by atoms with E-state index < -0.39 is 0 Å². The van der Waals surface area contributed by atoms with Crippen LogP contribution in [0.1, 0.15) is 168 Å². The van der Waals surface area contributed by atoms with Crippen LogP contribution < -0.4 is 0 Å². The molecule has 29 heavy (non-hydrogen) atoms. The molecule has 0 aromatic rings. The highest BCUT2D eigenvalue weighted by Gasteiger charge is 2.01. The first kappa shape index (κ1) is 28.6. The van der Waals surface area contributed by atoms with Crippen molar-refractivity contribution in [2.75, 3.05) is 0 Å². The van der Waals surface area contributed by atoms with Crippen LogP contribution in [-0.2, 0) is 0 Å². The fraction of sp³-hybridized carbons (Fsp3) is 0.931. The molecule has 0 heteroatoms. The highest BCUT2D eigenvalue weighted by Crippen LogP contribution is 2.18. The van der Waals surface area contributed by atoms with Crippen LogP contribution in [0.2, 0.25) is 0 Å². The van der Waals surface area contributed by atoms with Crippen molar-refractivity contribution >= 4 is 0 Å². The van der Waals surface area contributed by atoms with Crippen molar-refractivity contribution in [3.8, 4) is 11.8 Å². The molecule has 0 saturated heterocycles. The summed E-state index contributed by atoms with van der Waals surface area (Å²) in [6, 6.07) is 0. The lowest BCUT2D eigenvalue weighted by molar-refractivity contribution is 0.445. The van der Waals surface area contributed by atoms with Crippen LogP contribution >= 0.6 is 0 Å². The molecule has 0 radical (unpaired) electrons. The van der Waals surface area contributed by atoms with Gasteiger partial charge < -0.3 is 0 Å². The zero-order chi connectivity index (χ0) is 21.3. The van der Waals surface area contributed by atoms with E-state index in [0.717, 1.165) is 18.8 Å². The van der Waals surface area contributed by atoms with Gasteiger partial charge in [0.15, 0.2) is 0 Å². The van der Waals surface area contributed by atoms with Gasteiger partial charge in [0.25, 0.3) is 0 Å². The first-order chi connectivity index (χ1) is 14.3. The molecule has 0 rings (SSSR count). The Morgan fingerprint density at radius 1 is 0.414 bits per heavy atom. The molecular weight excluding hydrogens is 348 g/mol. The van der Waals surface area contributed by atoms with Crippen molar-refractivity contribution < 1.29 is 0 Å². The van der Waals surface area contributed by atoms with E-state index in [2.05, 4.69) is 32.6 Å². The molecule has 0 bridgehead atoms. The summed E-state index contributed by atoms with van der Waals surface area (Å²) in [4.78, 5) is 0. The van der Waals surface area contributed by atoms with Crippen LogP contribution in [0.5, 0.6) is 0 Å². The SMILES string of the molecule is CCCCCC#CCCCC(C)CCCCCCCCCCCCCCCCC. The fourth-order valence-electron chi connectivity index (χ4n) is 4.19. The van der Waals surface area contributed by atoms with Gasteiger partial charge in [-0.05, 0) is 25.2 Å². The van der Waals surface area contributed by atoms with E-state index in [-0.39, 0.29) is 0 Å². The van der Waals surface area contributed by atoms with E-state index in [1.807, 2.05) is 0 Å². The number of hydrogen-bond donors (Lipinski definition) is 0. The van der Waals surface area contributed by atoms with Gasteiger partial charge in [0, 0.05) is 12.8 Å². The van der Waals surface area contributed by atoms with Crippen LogP contribution in [0.3, 0.4) is 0 Å². The maximum atomic E-state index is 3.37. The predicted octanol–water partition coefficient (Wildman–Crippen LogP) is 10.6. The summed E-state index contributed by atoms with van der Waals surface area (Å²) < 4.78 is 0. The van der Waals surface area contributed by atoms with E-state index in [1.165, 1.54) is 135 Å². The quantitative estimate of drug-likeness (QED) is 0.124. The molecule has 0 nitrogen and oxygen atoms in total. The Balaban J connectivity index is 3.18. The summed E-state index contributed by atoms with van der Waals surface area (Å²) in [6.07, 6.45) is 32.2. The third-order valence-corrected chi connectivity index (χ3v) is 6.33. The lowest BCUT2D eigenvalue weighted by Crippen LogP contribution is -1.94. The van der Waals surface area contributed by atoms with Gasteiger partial charge in [0.2, 0.25) is 0 Å². The summed E-state index contributed by atoms with van der Waals surface area (Å²) in [6.45, 7) is 7.00. The molecule has 0 aromatic heterocycles. The van der Waals surface area contributed by atoms with Crippen molar-refractivity contribution in [3.63, 3.8) is 0 Å². The third-order valence-electron chi connectivity index (χ3n) is 6.33. The maximum Gasteiger partial charge on any atom is 0.00887 e. The van der Waals surface area contributed by atoms with Crippen molar-refractivity contribution in [2.24, 2.45) is 5.92 Å². The molecule has 1 unspecified atom stereocenters. The molecule has 0 fully saturated rings. The fourth-order valence-corrected chi connectivity index (χ4v) is 4.19. The Labute approximate surface area is 186 Å². The van der Waals surface area contributed by atoms with Crippen molar-refractivity contribution in [1.82, 2.24) is 0 Å². The van der Waals surface area contributed by atoms with E-state index in [4.69, 9.17) is 0 Å². The monoisotopic (exact) mass is 404 g/mol. The highest BCUT2D eigenvalue weighted by molar-refractivity contribution is 4.98.